The Morgan fingerprint density at radius 2 is 1.79 bits per heavy atom. The molecule has 0 unspecified atom stereocenters. The minimum atomic E-state index is -3.66. The van der Waals surface area contributed by atoms with Gasteiger partial charge in [0.2, 0.25) is 0 Å². The van der Waals surface area contributed by atoms with E-state index in [1.165, 1.54) is 12.1 Å². The van der Waals surface area contributed by atoms with E-state index in [0.717, 1.165) is 18.4 Å². The van der Waals surface area contributed by atoms with Crippen LogP contribution >= 0.6 is 11.6 Å². The van der Waals surface area contributed by atoms with E-state index in [0.29, 0.717) is 12.3 Å². The summed E-state index contributed by atoms with van der Waals surface area (Å²) in [6.45, 7) is 1.97. The quantitative estimate of drug-likeness (QED) is 0.351. The van der Waals surface area contributed by atoms with Gasteiger partial charge in [0, 0.05) is 18.7 Å². The summed E-state index contributed by atoms with van der Waals surface area (Å²) >= 11 is 5.51. The Morgan fingerprint density at radius 1 is 1.16 bits per heavy atom. The first-order chi connectivity index (χ1) is 9.06. The number of rotatable bonds is 6. The van der Waals surface area contributed by atoms with E-state index >= 15 is 0 Å². The standard InChI is InChI=1S/C14H17ClO3S/c1-13-7-9-14(10-8-13)19(16,17)18-12-6-4-2-3-5-11-15/h7-10H,3,5-6,11-12H2,1H3. The van der Waals surface area contributed by atoms with Crippen LogP contribution in [0, 0.1) is 18.8 Å². The van der Waals surface area contributed by atoms with Crippen molar-refractivity contribution in [2.24, 2.45) is 0 Å². The first kappa shape index (κ1) is 16.0. The molecule has 1 aromatic rings. The second-order valence-corrected chi connectivity index (χ2v) is 5.98. The molecule has 0 aliphatic heterocycles. The molecule has 0 radical (unpaired) electrons. The van der Waals surface area contributed by atoms with Gasteiger partial charge < -0.3 is 0 Å². The summed E-state index contributed by atoms with van der Waals surface area (Å²) in [5.74, 6) is 6.36. The van der Waals surface area contributed by atoms with Crippen LogP contribution in [0.5, 0.6) is 0 Å². The summed E-state index contributed by atoms with van der Waals surface area (Å²) in [5, 5.41) is 0. The molecule has 0 saturated carbocycles. The Balaban J connectivity index is 2.43. The third-order valence-corrected chi connectivity index (χ3v) is 3.93. The van der Waals surface area contributed by atoms with Crippen molar-refractivity contribution in [3.8, 4) is 11.8 Å². The Bertz CT molecular complexity index is 538. The van der Waals surface area contributed by atoms with Gasteiger partial charge >= 0.3 is 0 Å². The zero-order chi connectivity index (χ0) is 14.1. The first-order valence-corrected chi connectivity index (χ1v) is 7.98. The van der Waals surface area contributed by atoms with E-state index in [4.69, 9.17) is 15.8 Å². The van der Waals surface area contributed by atoms with Crippen LogP contribution in [0.25, 0.3) is 0 Å². The van der Waals surface area contributed by atoms with Crippen LogP contribution in [0.1, 0.15) is 24.8 Å². The molecule has 0 aliphatic carbocycles. The van der Waals surface area contributed by atoms with Crippen LogP contribution < -0.4 is 0 Å². The van der Waals surface area contributed by atoms with Gasteiger partial charge in [-0.15, -0.1) is 23.4 Å². The van der Waals surface area contributed by atoms with Gasteiger partial charge in [-0.05, 0) is 25.5 Å². The smallest absolute Gasteiger partial charge is 0.265 e. The highest BCUT2D eigenvalue weighted by atomic mass is 35.5. The van der Waals surface area contributed by atoms with Gasteiger partial charge in [0.25, 0.3) is 10.1 Å². The highest BCUT2D eigenvalue weighted by Gasteiger charge is 2.13. The largest absolute Gasteiger partial charge is 0.297 e. The minimum Gasteiger partial charge on any atom is -0.265 e. The van der Waals surface area contributed by atoms with Gasteiger partial charge in [0.05, 0.1) is 11.5 Å². The van der Waals surface area contributed by atoms with E-state index in [1.54, 1.807) is 12.1 Å². The number of aryl methyl sites for hydroxylation is 1. The topological polar surface area (TPSA) is 43.4 Å². The lowest BCUT2D eigenvalue weighted by Gasteiger charge is -2.04. The number of hydrogen-bond donors (Lipinski definition) is 0. The van der Waals surface area contributed by atoms with Gasteiger partial charge in [0.15, 0.2) is 0 Å². The van der Waals surface area contributed by atoms with E-state index in [2.05, 4.69) is 11.8 Å². The van der Waals surface area contributed by atoms with Crippen LogP contribution in [0.2, 0.25) is 0 Å². The Hall–Kier alpha value is -1.02. The molecule has 0 N–H and O–H groups in total. The van der Waals surface area contributed by atoms with Gasteiger partial charge in [-0.1, -0.05) is 17.7 Å². The second-order valence-electron chi connectivity index (χ2n) is 3.99. The van der Waals surface area contributed by atoms with Crippen molar-refractivity contribution >= 4 is 21.7 Å². The number of halogens is 1. The normalized spacial score (nSPS) is 10.8. The SMILES string of the molecule is Cc1ccc(S(=O)(=O)OCCC#CCCCCl)cc1. The number of benzene rings is 1. The lowest BCUT2D eigenvalue weighted by Crippen LogP contribution is -2.07. The van der Waals surface area contributed by atoms with Crippen molar-refractivity contribution < 1.29 is 12.6 Å². The predicted octanol–water partition coefficient (Wildman–Crippen LogP) is 3.11. The van der Waals surface area contributed by atoms with Crippen molar-refractivity contribution in [1.29, 1.82) is 0 Å². The Morgan fingerprint density at radius 3 is 2.42 bits per heavy atom. The maximum Gasteiger partial charge on any atom is 0.297 e. The molecule has 1 rings (SSSR count). The summed E-state index contributed by atoms with van der Waals surface area (Å²) in [6, 6.07) is 6.55. The van der Waals surface area contributed by atoms with Crippen LogP contribution in [0.4, 0.5) is 0 Å². The predicted molar refractivity (Wildman–Crippen MR) is 76.7 cm³/mol. The lowest BCUT2D eigenvalue weighted by molar-refractivity contribution is 0.326. The summed E-state index contributed by atoms with van der Waals surface area (Å²) in [7, 11) is -3.66. The Kier molecular flexibility index (Phi) is 6.93. The number of hydrogen-bond acceptors (Lipinski definition) is 3. The molecule has 19 heavy (non-hydrogen) atoms. The van der Waals surface area contributed by atoms with Gasteiger partial charge in [-0.2, -0.15) is 8.42 Å². The third kappa shape index (κ3) is 6.11. The molecule has 0 fully saturated rings. The van der Waals surface area contributed by atoms with E-state index < -0.39 is 10.1 Å². The number of unbranched alkanes of at least 4 members (excludes halogenated alkanes) is 1. The first-order valence-electron chi connectivity index (χ1n) is 6.04. The van der Waals surface area contributed by atoms with Gasteiger partial charge in [0.1, 0.15) is 0 Å². The molecule has 0 amide bonds. The summed E-state index contributed by atoms with van der Waals surface area (Å²) in [5.41, 5.74) is 1.00. The highest BCUT2D eigenvalue weighted by Crippen LogP contribution is 2.13. The van der Waals surface area contributed by atoms with Crippen LogP contribution in [0.15, 0.2) is 29.2 Å². The summed E-state index contributed by atoms with van der Waals surface area (Å²) in [4.78, 5) is 0.174. The maximum atomic E-state index is 11.8. The minimum absolute atomic E-state index is 0.0735. The lowest BCUT2D eigenvalue weighted by atomic mass is 10.2. The average Bonchev–Trinajstić information content (AvgIpc) is 2.38. The van der Waals surface area contributed by atoms with Crippen molar-refractivity contribution in [3.05, 3.63) is 29.8 Å². The maximum absolute atomic E-state index is 11.8. The highest BCUT2D eigenvalue weighted by molar-refractivity contribution is 7.86. The molecule has 0 saturated heterocycles. The molecule has 1 aromatic carbocycles. The molecular formula is C14H17ClO3S. The average molecular weight is 301 g/mol. The van der Waals surface area contributed by atoms with Gasteiger partial charge in [-0.3, -0.25) is 4.18 Å². The fourth-order valence-corrected chi connectivity index (χ4v) is 2.35. The molecule has 0 aliphatic rings. The fourth-order valence-electron chi connectivity index (χ4n) is 1.31. The van der Waals surface area contributed by atoms with E-state index in [1.807, 2.05) is 6.92 Å². The fraction of sp³-hybridized carbons (Fsp3) is 0.429. The van der Waals surface area contributed by atoms with Crippen molar-refractivity contribution in [2.45, 2.75) is 31.1 Å². The molecule has 0 bridgehead atoms. The molecule has 0 spiro atoms. The monoisotopic (exact) mass is 300 g/mol. The van der Waals surface area contributed by atoms with E-state index in [-0.39, 0.29) is 11.5 Å². The molecule has 0 atom stereocenters. The zero-order valence-corrected chi connectivity index (χ0v) is 12.4. The molecule has 3 nitrogen and oxygen atoms in total. The summed E-state index contributed by atoms with van der Waals surface area (Å²) < 4.78 is 28.5. The van der Waals surface area contributed by atoms with Gasteiger partial charge in [-0.25, -0.2) is 0 Å². The Labute approximate surface area is 120 Å². The molecule has 5 heteroatoms. The summed E-state index contributed by atoms with van der Waals surface area (Å²) in [6.07, 6.45) is 1.97. The molecular weight excluding hydrogens is 284 g/mol. The third-order valence-electron chi connectivity index (χ3n) is 2.34. The second kappa shape index (κ2) is 8.21. The van der Waals surface area contributed by atoms with Crippen molar-refractivity contribution in [2.75, 3.05) is 12.5 Å². The number of alkyl halides is 1. The van der Waals surface area contributed by atoms with Crippen molar-refractivity contribution in [3.63, 3.8) is 0 Å². The van der Waals surface area contributed by atoms with Crippen LogP contribution in [0.3, 0.4) is 0 Å². The zero-order valence-electron chi connectivity index (χ0n) is 10.9. The molecule has 104 valence electrons. The van der Waals surface area contributed by atoms with Crippen LogP contribution in [-0.2, 0) is 14.3 Å². The van der Waals surface area contributed by atoms with Crippen LogP contribution in [-0.4, -0.2) is 20.9 Å². The molecule has 0 aromatic heterocycles. The van der Waals surface area contributed by atoms with Crippen molar-refractivity contribution in [1.82, 2.24) is 0 Å². The molecule has 0 heterocycles. The van der Waals surface area contributed by atoms with E-state index in [9.17, 15) is 8.42 Å².